The van der Waals surface area contributed by atoms with Crippen molar-refractivity contribution in [1.29, 1.82) is 0 Å². The fourth-order valence-electron chi connectivity index (χ4n) is 4.03. The first kappa shape index (κ1) is 15.4. The minimum absolute atomic E-state index is 0.387. The maximum atomic E-state index is 6.19. The first-order valence-corrected chi connectivity index (χ1v) is 9.34. The van der Waals surface area contributed by atoms with E-state index in [1.165, 1.54) is 36.8 Å². The number of hydrogen-bond donors (Lipinski definition) is 0. The van der Waals surface area contributed by atoms with E-state index < -0.39 is 0 Å². The molecule has 1 saturated carbocycles. The lowest BCUT2D eigenvalue weighted by Crippen LogP contribution is -2.31. The molecule has 0 saturated heterocycles. The molecular formula is C19H27BrO. The van der Waals surface area contributed by atoms with E-state index in [4.69, 9.17) is 4.74 Å². The van der Waals surface area contributed by atoms with Crippen molar-refractivity contribution in [3.8, 4) is 5.75 Å². The number of rotatable bonds is 3. The summed E-state index contributed by atoms with van der Waals surface area (Å²) < 4.78 is 6.19. The summed E-state index contributed by atoms with van der Waals surface area (Å²) in [6.45, 7) is 6.92. The second kappa shape index (κ2) is 6.32. The molecule has 0 amide bonds. The molecule has 1 aliphatic carbocycles. The quantitative estimate of drug-likeness (QED) is 0.651. The van der Waals surface area contributed by atoms with Crippen LogP contribution in [0.1, 0.15) is 50.7 Å². The molecule has 1 heterocycles. The molecule has 116 valence electrons. The van der Waals surface area contributed by atoms with E-state index in [1.54, 1.807) is 0 Å². The highest BCUT2D eigenvalue weighted by Crippen LogP contribution is 2.41. The third-order valence-corrected chi connectivity index (χ3v) is 6.60. The zero-order valence-electron chi connectivity index (χ0n) is 13.4. The molecule has 1 fully saturated rings. The number of alkyl halides is 1. The average molecular weight is 351 g/mol. The Labute approximate surface area is 137 Å². The van der Waals surface area contributed by atoms with E-state index >= 15 is 0 Å². The smallest absolute Gasteiger partial charge is 0.123 e. The van der Waals surface area contributed by atoms with E-state index in [9.17, 15) is 0 Å². The van der Waals surface area contributed by atoms with Crippen LogP contribution in [0, 0.1) is 24.7 Å². The van der Waals surface area contributed by atoms with Gasteiger partial charge in [-0.1, -0.05) is 47.5 Å². The van der Waals surface area contributed by atoms with Crippen LogP contribution in [0.3, 0.4) is 0 Å². The summed E-state index contributed by atoms with van der Waals surface area (Å²) in [5, 5.41) is 0. The van der Waals surface area contributed by atoms with Gasteiger partial charge in [-0.25, -0.2) is 0 Å². The lowest BCUT2D eigenvalue weighted by molar-refractivity contribution is 0.148. The van der Waals surface area contributed by atoms with Gasteiger partial charge in [0.25, 0.3) is 0 Å². The summed E-state index contributed by atoms with van der Waals surface area (Å²) in [5.41, 5.74) is 2.75. The predicted molar refractivity (Wildman–Crippen MR) is 92.3 cm³/mol. The van der Waals surface area contributed by atoms with Gasteiger partial charge in [-0.3, -0.25) is 0 Å². The Morgan fingerprint density at radius 3 is 2.86 bits per heavy atom. The molecule has 0 radical (unpaired) electrons. The lowest BCUT2D eigenvalue weighted by Gasteiger charge is -2.36. The molecule has 0 aromatic heterocycles. The Morgan fingerprint density at radius 2 is 2.10 bits per heavy atom. The van der Waals surface area contributed by atoms with Gasteiger partial charge in [0.1, 0.15) is 11.9 Å². The summed E-state index contributed by atoms with van der Waals surface area (Å²) in [6.07, 6.45) is 6.76. The Morgan fingerprint density at radius 1 is 1.29 bits per heavy atom. The molecule has 1 aliphatic heterocycles. The van der Waals surface area contributed by atoms with Crippen molar-refractivity contribution in [1.82, 2.24) is 0 Å². The highest BCUT2D eigenvalue weighted by molar-refractivity contribution is 9.09. The first-order valence-electron chi connectivity index (χ1n) is 8.43. The molecule has 1 aromatic rings. The monoisotopic (exact) mass is 350 g/mol. The van der Waals surface area contributed by atoms with Gasteiger partial charge in [-0.05, 0) is 62.0 Å². The van der Waals surface area contributed by atoms with Crippen LogP contribution in [-0.2, 0) is 6.42 Å². The zero-order valence-corrected chi connectivity index (χ0v) is 15.0. The highest BCUT2D eigenvalue weighted by Gasteiger charge is 2.34. The average Bonchev–Trinajstić information content (AvgIpc) is 2.82. The molecule has 0 N–H and O–H groups in total. The first-order chi connectivity index (χ1) is 10.0. The van der Waals surface area contributed by atoms with E-state index in [2.05, 4.69) is 54.9 Å². The minimum Gasteiger partial charge on any atom is -0.490 e. The van der Waals surface area contributed by atoms with Gasteiger partial charge in [0.2, 0.25) is 0 Å². The number of benzene rings is 1. The van der Waals surface area contributed by atoms with Crippen LogP contribution < -0.4 is 4.74 Å². The molecule has 4 atom stereocenters. The maximum Gasteiger partial charge on any atom is 0.123 e. The van der Waals surface area contributed by atoms with E-state index in [1.807, 2.05) is 0 Å². The molecule has 21 heavy (non-hydrogen) atoms. The molecule has 1 aromatic carbocycles. The van der Waals surface area contributed by atoms with Crippen molar-refractivity contribution in [3.05, 3.63) is 29.3 Å². The van der Waals surface area contributed by atoms with Crippen LogP contribution in [-0.4, -0.2) is 10.9 Å². The second-order valence-corrected chi connectivity index (χ2v) is 8.56. The number of halogens is 1. The zero-order chi connectivity index (χ0) is 15.0. The second-order valence-electron chi connectivity index (χ2n) is 7.38. The van der Waals surface area contributed by atoms with Gasteiger partial charge >= 0.3 is 0 Å². The van der Waals surface area contributed by atoms with Crippen molar-refractivity contribution in [2.24, 2.45) is 17.8 Å². The third-order valence-electron chi connectivity index (χ3n) is 5.40. The Balaban J connectivity index is 1.62. The maximum absolute atomic E-state index is 6.19. The predicted octanol–water partition coefficient (Wildman–Crippen LogP) is 5.52. The standard InChI is InChI=1S/C19H27BrO/c1-12(2)14-5-6-18(20)15(9-14)10-17-11-16-8-13(3)4-7-19(16)21-17/h4,7-8,12,14-15,17-18H,5-6,9-11H2,1-3H3. The molecule has 2 heteroatoms. The van der Waals surface area contributed by atoms with Crippen LogP contribution in [0.25, 0.3) is 0 Å². The van der Waals surface area contributed by atoms with E-state index in [0.717, 1.165) is 29.9 Å². The molecule has 2 aliphatic rings. The van der Waals surface area contributed by atoms with Crippen LogP contribution in [0.15, 0.2) is 18.2 Å². The van der Waals surface area contributed by atoms with Crippen molar-refractivity contribution < 1.29 is 4.74 Å². The number of fused-ring (bicyclic) bond motifs is 1. The van der Waals surface area contributed by atoms with Crippen LogP contribution in [0.5, 0.6) is 5.75 Å². The van der Waals surface area contributed by atoms with E-state index in [-0.39, 0.29) is 0 Å². The fourth-order valence-corrected chi connectivity index (χ4v) is 4.73. The van der Waals surface area contributed by atoms with Gasteiger partial charge in [0.15, 0.2) is 0 Å². The van der Waals surface area contributed by atoms with Crippen molar-refractivity contribution in [2.75, 3.05) is 0 Å². The lowest BCUT2D eigenvalue weighted by atomic mass is 9.74. The SMILES string of the molecule is Cc1ccc2c(c1)CC(CC1CC(C(C)C)CCC1Br)O2. The Bertz CT molecular complexity index is 496. The van der Waals surface area contributed by atoms with Crippen molar-refractivity contribution >= 4 is 15.9 Å². The molecule has 0 bridgehead atoms. The molecule has 0 spiro atoms. The van der Waals surface area contributed by atoms with Gasteiger partial charge in [0, 0.05) is 11.2 Å². The number of hydrogen-bond acceptors (Lipinski definition) is 1. The summed E-state index contributed by atoms with van der Waals surface area (Å²) in [6, 6.07) is 6.59. The molecule has 1 nitrogen and oxygen atoms in total. The largest absolute Gasteiger partial charge is 0.490 e. The number of ether oxygens (including phenoxy) is 1. The van der Waals surface area contributed by atoms with E-state index in [0.29, 0.717) is 10.9 Å². The van der Waals surface area contributed by atoms with Gasteiger partial charge in [0.05, 0.1) is 0 Å². The fraction of sp³-hybridized carbons (Fsp3) is 0.684. The molecule has 3 rings (SSSR count). The van der Waals surface area contributed by atoms with Gasteiger partial charge < -0.3 is 4.74 Å². The van der Waals surface area contributed by atoms with Crippen LogP contribution in [0.2, 0.25) is 0 Å². The number of aryl methyl sites for hydroxylation is 1. The van der Waals surface area contributed by atoms with Crippen molar-refractivity contribution in [2.45, 2.75) is 63.8 Å². The Hall–Kier alpha value is -0.500. The van der Waals surface area contributed by atoms with Gasteiger partial charge in [-0.2, -0.15) is 0 Å². The summed E-state index contributed by atoms with van der Waals surface area (Å²) in [7, 11) is 0. The highest BCUT2D eigenvalue weighted by atomic mass is 79.9. The summed E-state index contributed by atoms with van der Waals surface area (Å²) in [5.74, 6) is 3.60. The summed E-state index contributed by atoms with van der Waals surface area (Å²) >= 11 is 3.93. The minimum atomic E-state index is 0.387. The van der Waals surface area contributed by atoms with Crippen molar-refractivity contribution in [3.63, 3.8) is 0 Å². The molecular weight excluding hydrogens is 324 g/mol. The summed E-state index contributed by atoms with van der Waals surface area (Å²) in [4.78, 5) is 0.682. The van der Waals surface area contributed by atoms with Gasteiger partial charge in [-0.15, -0.1) is 0 Å². The topological polar surface area (TPSA) is 9.23 Å². The normalized spacial score (nSPS) is 32.0. The van der Waals surface area contributed by atoms with Crippen LogP contribution >= 0.6 is 15.9 Å². The van der Waals surface area contributed by atoms with Crippen LogP contribution in [0.4, 0.5) is 0 Å². The Kier molecular flexibility index (Phi) is 4.63. The third kappa shape index (κ3) is 3.47. The molecule has 4 unspecified atom stereocenters.